The number of fused-ring (bicyclic) bond motifs is 1. The van der Waals surface area contributed by atoms with Crippen molar-refractivity contribution in [2.24, 2.45) is 5.92 Å². The summed E-state index contributed by atoms with van der Waals surface area (Å²) in [5, 5.41) is 11.1. The van der Waals surface area contributed by atoms with Crippen molar-refractivity contribution in [2.75, 3.05) is 13.2 Å². The molecule has 3 rings (SSSR count). The molecule has 104 valence electrons. The minimum absolute atomic E-state index is 0.322. The van der Waals surface area contributed by atoms with Crippen molar-refractivity contribution in [3.05, 3.63) is 22.7 Å². The fourth-order valence-electron chi connectivity index (χ4n) is 2.95. The lowest BCUT2D eigenvalue weighted by atomic mass is 9.94. The molecular formula is C15H19ClO3. The van der Waals surface area contributed by atoms with Gasteiger partial charge in [0.1, 0.15) is 0 Å². The molecule has 1 aliphatic heterocycles. The fourth-order valence-corrected chi connectivity index (χ4v) is 3.22. The number of aliphatic hydroxyl groups is 1. The predicted octanol–water partition coefficient (Wildman–Crippen LogP) is 3.72. The fraction of sp³-hybridized carbons (Fsp3) is 0.600. The van der Waals surface area contributed by atoms with Crippen LogP contribution in [0.15, 0.2) is 12.1 Å². The Bertz CT molecular complexity index is 455. The van der Waals surface area contributed by atoms with Gasteiger partial charge in [0.2, 0.25) is 0 Å². The van der Waals surface area contributed by atoms with Crippen LogP contribution in [0.5, 0.6) is 11.5 Å². The molecule has 1 aromatic carbocycles. The molecule has 0 saturated heterocycles. The molecule has 1 heterocycles. The maximum atomic E-state index is 10.5. The van der Waals surface area contributed by atoms with Gasteiger partial charge in [0.05, 0.1) is 24.3 Å². The first-order valence-corrected chi connectivity index (χ1v) is 7.40. The molecule has 2 aliphatic rings. The van der Waals surface area contributed by atoms with Crippen molar-refractivity contribution < 1.29 is 14.6 Å². The van der Waals surface area contributed by atoms with Gasteiger partial charge < -0.3 is 14.6 Å². The van der Waals surface area contributed by atoms with Crippen molar-refractivity contribution in [3.63, 3.8) is 0 Å². The highest BCUT2D eigenvalue weighted by molar-refractivity contribution is 6.31. The Morgan fingerprint density at radius 3 is 2.37 bits per heavy atom. The number of halogens is 1. The van der Waals surface area contributed by atoms with Gasteiger partial charge in [0.15, 0.2) is 11.5 Å². The number of rotatable bonds is 2. The maximum Gasteiger partial charge on any atom is 0.162 e. The van der Waals surface area contributed by atoms with Crippen molar-refractivity contribution >= 4 is 11.6 Å². The molecule has 1 unspecified atom stereocenters. The summed E-state index contributed by atoms with van der Waals surface area (Å²) in [6.45, 7) is 1.29. The standard InChI is InChI=1S/C15H19ClO3/c16-12-9-14-13(18-6-3-7-19-14)8-11(12)15(17)10-4-1-2-5-10/h8-10,15,17H,1-7H2. The van der Waals surface area contributed by atoms with Gasteiger partial charge in [0, 0.05) is 18.1 Å². The van der Waals surface area contributed by atoms with Crippen LogP contribution >= 0.6 is 11.6 Å². The van der Waals surface area contributed by atoms with Gasteiger partial charge in [-0.2, -0.15) is 0 Å². The molecule has 4 heteroatoms. The molecule has 19 heavy (non-hydrogen) atoms. The quantitative estimate of drug-likeness (QED) is 0.898. The highest BCUT2D eigenvalue weighted by Crippen LogP contribution is 2.42. The SMILES string of the molecule is OC(c1cc2c(cc1Cl)OCCCO2)C1CCCC1. The zero-order valence-electron chi connectivity index (χ0n) is 10.9. The smallest absolute Gasteiger partial charge is 0.162 e. The highest BCUT2D eigenvalue weighted by Gasteiger charge is 2.27. The van der Waals surface area contributed by atoms with Gasteiger partial charge in [-0.15, -0.1) is 0 Å². The Labute approximate surface area is 118 Å². The monoisotopic (exact) mass is 282 g/mol. The molecule has 1 aliphatic carbocycles. The van der Waals surface area contributed by atoms with Gasteiger partial charge in [-0.1, -0.05) is 24.4 Å². The van der Waals surface area contributed by atoms with E-state index in [1.165, 1.54) is 12.8 Å². The third-order valence-corrected chi connectivity index (χ3v) is 4.36. The second-order valence-electron chi connectivity index (χ2n) is 5.36. The lowest BCUT2D eigenvalue weighted by Gasteiger charge is -2.20. The Hall–Kier alpha value is -0.930. The summed E-state index contributed by atoms with van der Waals surface area (Å²) in [4.78, 5) is 0. The first-order valence-electron chi connectivity index (χ1n) is 7.03. The van der Waals surface area contributed by atoms with E-state index in [2.05, 4.69) is 0 Å². The summed E-state index contributed by atoms with van der Waals surface area (Å²) in [6, 6.07) is 3.63. The van der Waals surface area contributed by atoms with Crippen LogP contribution in [-0.2, 0) is 0 Å². The largest absolute Gasteiger partial charge is 0.490 e. The zero-order chi connectivity index (χ0) is 13.2. The minimum atomic E-state index is -0.493. The van der Waals surface area contributed by atoms with Crippen molar-refractivity contribution in [1.82, 2.24) is 0 Å². The summed E-state index contributed by atoms with van der Waals surface area (Å²) < 4.78 is 11.3. The average molecular weight is 283 g/mol. The number of benzene rings is 1. The normalized spacial score (nSPS) is 21.2. The molecule has 1 saturated carbocycles. The summed E-state index contributed by atoms with van der Waals surface area (Å²) >= 11 is 6.29. The number of ether oxygens (including phenoxy) is 2. The summed E-state index contributed by atoms with van der Waals surface area (Å²) in [7, 11) is 0. The second-order valence-corrected chi connectivity index (χ2v) is 5.77. The van der Waals surface area contributed by atoms with E-state index in [9.17, 15) is 5.11 Å². The highest BCUT2D eigenvalue weighted by atomic mass is 35.5. The maximum absolute atomic E-state index is 10.5. The Kier molecular flexibility index (Phi) is 3.85. The third-order valence-electron chi connectivity index (χ3n) is 4.03. The topological polar surface area (TPSA) is 38.7 Å². The zero-order valence-corrected chi connectivity index (χ0v) is 11.7. The lowest BCUT2D eigenvalue weighted by molar-refractivity contribution is 0.111. The van der Waals surface area contributed by atoms with Crippen LogP contribution in [0.25, 0.3) is 0 Å². The molecule has 0 aromatic heterocycles. The summed E-state index contributed by atoms with van der Waals surface area (Å²) in [5.41, 5.74) is 0.776. The average Bonchev–Trinajstić information content (AvgIpc) is 2.84. The molecule has 1 fully saturated rings. The number of hydrogen-bond acceptors (Lipinski definition) is 3. The van der Waals surface area contributed by atoms with Crippen LogP contribution in [0.1, 0.15) is 43.8 Å². The van der Waals surface area contributed by atoms with Crippen LogP contribution < -0.4 is 9.47 Å². The molecule has 1 atom stereocenters. The molecule has 1 aromatic rings. The van der Waals surface area contributed by atoms with Gasteiger partial charge in [-0.25, -0.2) is 0 Å². The van der Waals surface area contributed by atoms with E-state index in [0.29, 0.717) is 35.7 Å². The first kappa shape index (κ1) is 13.1. The Balaban J connectivity index is 1.90. The van der Waals surface area contributed by atoms with Crippen molar-refractivity contribution in [1.29, 1.82) is 0 Å². The molecule has 0 amide bonds. The van der Waals surface area contributed by atoms with Gasteiger partial charge in [0.25, 0.3) is 0 Å². The molecule has 1 N–H and O–H groups in total. The predicted molar refractivity (Wildman–Crippen MR) is 74.0 cm³/mol. The molecule has 0 radical (unpaired) electrons. The lowest BCUT2D eigenvalue weighted by Crippen LogP contribution is -2.10. The van der Waals surface area contributed by atoms with Crippen LogP contribution in [-0.4, -0.2) is 18.3 Å². The Morgan fingerprint density at radius 2 is 1.68 bits per heavy atom. The Morgan fingerprint density at radius 1 is 1.05 bits per heavy atom. The van der Waals surface area contributed by atoms with Crippen LogP contribution in [0.2, 0.25) is 5.02 Å². The van der Waals surface area contributed by atoms with Crippen molar-refractivity contribution in [2.45, 2.75) is 38.2 Å². The van der Waals surface area contributed by atoms with E-state index >= 15 is 0 Å². The van der Waals surface area contributed by atoms with E-state index in [1.54, 1.807) is 6.07 Å². The van der Waals surface area contributed by atoms with E-state index < -0.39 is 6.10 Å². The first-order chi connectivity index (χ1) is 9.25. The van der Waals surface area contributed by atoms with E-state index in [0.717, 1.165) is 24.8 Å². The van der Waals surface area contributed by atoms with Gasteiger partial charge in [-0.05, 0) is 24.8 Å². The van der Waals surface area contributed by atoms with Gasteiger partial charge in [-0.3, -0.25) is 0 Å². The summed E-state index contributed by atoms with van der Waals surface area (Å²) in [6.07, 6.45) is 4.92. The van der Waals surface area contributed by atoms with E-state index in [4.69, 9.17) is 21.1 Å². The third kappa shape index (κ3) is 2.67. The minimum Gasteiger partial charge on any atom is -0.490 e. The molecule has 0 spiro atoms. The molecule has 3 nitrogen and oxygen atoms in total. The number of hydrogen-bond donors (Lipinski definition) is 1. The van der Waals surface area contributed by atoms with E-state index in [-0.39, 0.29) is 0 Å². The van der Waals surface area contributed by atoms with Crippen LogP contribution in [0, 0.1) is 5.92 Å². The molecule has 0 bridgehead atoms. The van der Waals surface area contributed by atoms with E-state index in [1.807, 2.05) is 6.07 Å². The van der Waals surface area contributed by atoms with Crippen molar-refractivity contribution in [3.8, 4) is 11.5 Å². The second kappa shape index (κ2) is 5.59. The van der Waals surface area contributed by atoms with Crippen LogP contribution in [0.4, 0.5) is 0 Å². The summed E-state index contributed by atoms with van der Waals surface area (Å²) in [5.74, 6) is 1.71. The molecular weight excluding hydrogens is 264 g/mol. The number of aliphatic hydroxyl groups excluding tert-OH is 1. The van der Waals surface area contributed by atoms with Gasteiger partial charge >= 0.3 is 0 Å². The van der Waals surface area contributed by atoms with Crippen LogP contribution in [0.3, 0.4) is 0 Å².